The Morgan fingerprint density at radius 1 is 1.27 bits per heavy atom. The molecule has 138 valence electrons. The molecule has 0 aliphatic carbocycles. The normalized spacial score (nSPS) is 14.6. The average Bonchev–Trinajstić information content (AvgIpc) is 3.02. The van der Waals surface area contributed by atoms with Crippen LogP contribution in [0.1, 0.15) is 5.76 Å². The lowest BCUT2D eigenvalue weighted by Crippen LogP contribution is -2.36. The number of nitrogens with zero attached hydrogens (tertiary/aromatic N) is 2. The number of amides is 1. The van der Waals surface area contributed by atoms with Crippen LogP contribution in [0.4, 0.5) is 5.88 Å². The quantitative estimate of drug-likeness (QED) is 0.501. The van der Waals surface area contributed by atoms with Crippen molar-refractivity contribution in [2.45, 2.75) is 0 Å². The summed E-state index contributed by atoms with van der Waals surface area (Å²) >= 11 is 6.82. The number of hydrogen-bond donors (Lipinski definition) is 1. The van der Waals surface area contributed by atoms with Gasteiger partial charge >= 0.3 is 0 Å². The molecule has 1 saturated heterocycles. The molecule has 7 nitrogen and oxygen atoms in total. The molecule has 1 aromatic carbocycles. The van der Waals surface area contributed by atoms with Gasteiger partial charge in [-0.05, 0) is 40.2 Å². The molecule has 1 aliphatic rings. The molecular weight excluding hydrogens is 470 g/mol. The van der Waals surface area contributed by atoms with Gasteiger partial charge in [0.05, 0.1) is 23.9 Å². The van der Waals surface area contributed by atoms with Crippen LogP contribution in [0.2, 0.25) is 0 Å². The molecule has 0 unspecified atom stereocenters. The highest BCUT2D eigenvalue weighted by molar-refractivity contribution is 9.10. The van der Waals surface area contributed by atoms with E-state index in [9.17, 15) is 4.79 Å². The van der Waals surface area contributed by atoms with Crippen LogP contribution in [-0.4, -0.2) is 45.0 Å². The molecule has 1 fully saturated rings. The molecule has 0 spiro atoms. The Hall–Kier alpha value is -1.84. The van der Waals surface area contributed by atoms with Crippen molar-refractivity contribution in [2.24, 2.45) is 5.10 Å². The summed E-state index contributed by atoms with van der Waals surface area (Å²) in [6.45, 7) is 2.76. The monoisotopic (exact) mass is 485 g/mol. The van der Waals surface area contributed by atoms with Crippen LogP contribution in [-0.2, 0) is 9.53 Å². The summed E-state index contributed by atoms with van der Waals surface area (Å²) in [6, 6.07) is 9.03. The number of nitrogens with one attached hydrogen (secondary N) is 1. The number of benzene rings is 1. The third kappa shape index (κ3) is 5.33. The van der Waals surface area contributed by atoms with E-state index in [1.165, 1.54) is 6.21 Å². The first-order valence-corrected chi connectivity index (χ1v) is 9.53. The fraction of sp³-hybridized carbons (Fsp3) is 0.294. The summed E-state index contributed by atoms with van der Waals surface area (Å²) in [6.07, 6.45) is 1.45. The Kier molecular flexibility index (Phi) is 6.70. The van der Waals surface area contributed by atoms with E-state index in [-0.39, 0.29) is 12.5 Å². The van der Waals surface area contributed by atoms with E-state index in [1.54, 1.807) is 18.2 Å². The molecule has 0 radical (unpaired) electrons. The first-order chi connectivity index (χ1) is 12.6. The second kappa shape index (κ2) is 9.20. The highest BCUT2D eigenvalue weighted by Crippen LogP contribution is 2.30. The molecule has 1 aliphatic heterocycles. The van der Waals surface area contributed by atoms with Crippen LogP contribution in [0.25, 0.3) is 0 Å². The number of hydrazone groups is 1. The lowest BCUT2D eigenvalue weighted by Gasteiger charge is -2.26. The van der Waals surface area contributed by atoms with Gasteiger partial charge in [-0.2, -0.15) is 5.10 Å². The van der Waals surface area contributed by atoms with Gasteiger partial charge in [-0.15, -0.1) is 0 Å². The molecule has 3 rings (SSSR count). The predicted octanol–water partition coefficient (Wildman–Crippen LogP) is 3.17. The van der Waals surface area contributed by atoms with Crippen molar-refractivity contribution in [1.29, 1.82) is 0 Å². The van der Waals surface area contributed by atoms with Crippen LogP contribution < -0.4 is 15.1 Å². The number of morpholine rings is 1. The summed E-state index contributed by atoms with van der Waals surface area (Å²) in [5.41, 5.74) is 2.41. The van der Waals surface area contributed by atoms with Gasteiger partial charge < -0.3 is 18.8 Å². The zero-order valence-electron chi connectivity index (χ0n) is 13.8. The smallest absolute Gasteiger partial charge is 0.277 e. The first kappa shape index (κ1) is 18.9. The third-order valence-corrected chi connectivity index (χ3v) is 4.65. The van der Waals surface area contributed by atoms with Crippen molar-refractivity contribution >= 4 is 49.9 Å². The largest absolute Gasteiger partial charge is 0.484 e. The minimum absolute atomic E-state index is 0.125. The topological polar surface area (TPSA) is 76.3 Å². The van der Waals surface area contributed by atoms with Crippen molar-refractivity contribution in [3.8, 4) is 5.75 Å². The van der Waals surface area contributed by atoms with Crippen molar-refractivity contribution in [3.63, 3.8) is 0 Å². The highest BCUT2D eigenvalue weighted by Gasteiger charge is 2.18. The van der Waals surface area contributed by atoms with Gasteiger partial charge in [-0.25, -0.2) is 5.43 Å². The van der Waals surface area contributed by atoms with E-state index in [1.807, 2.05) is 12.1 Å². The highest BCUT2D eigenvalue weighted by atomic mass is 79.9. The van der Waals surface area contributed by atoms with Crippen molar-refractivity contribution in [3.05, 3.63) is 45.0 Å². The number of furan rings is 1. The fourth-order valence-electron chi connectivity index (χ4n) is 2.30. The number of halogens is 2. The Balaban J connectivity index is 1.48. The van der Waals surface area contributed by atoms with E-state index in [0.717, 1.165) is 27.9 Å². The third-order valence-electron chi connectivity index (χ3n) is 3.55. The first-order valence-electron chi connectivity index (χ1n) is 7.94. The van der Waals surface area contributed by atoms with Crippen LogP contribution in [0.3, 0.4) is 0 Å². The molecular formula is C17H17Br2N3O4. The van der Waals surface area contributed by atoms with Gasteiger partial charge in [0.25, 0.3) is 5.91 Å². The number of hydrogen-bond acceptors (Lipinski definition) is 6. The van der Waals surface area contributed by atoms with Crippen molar-refractivity contribution in [1.82, 2.24) is 5.43 Å². The molecule has 0 atom stereocenters. The summed E-state index contributed by atoms with van der Waals surface area (Å²) in [4.78, 5) is 13.9. The van der Waals surface area contributed by atoms with E-state index in [2.05, 4.69) is 47.3 Å². The van der Waals surface area contributed by atoms with Gasteiger partial charge in [0.1, 0.15) is 5.75 Å². The Bertz CT molecular complexity index is 771. The van der Waals surface area contributed by atoms with Crippen LogP contribution in [0, 0.1) is 0 Å². The Labute approximate surface area is 167 Å². The van der Waals surface area contributed by atoms with E-state index in [0.29, 0.717) is 24.7 Å². The van der Waals surface area contributed by atoms with Gasteiger partial charge in [0.2, 0.25) is 5.88 Å². The van der Waals surface area contributed by atoms with Gasteiger partial charge in [0, 0.05) is 23.6 Å². The maximum atomic E-state index is 11.8. The molecule has 26 heavy (non-hydrogen) atoms. The van der Waals surface area contributed by atoms with Crippen LogP contribution in [0.5, 0.6) is 5.75 Å². The Morgan fingerprint density at radius 2 is 2.00 bits per heavy atom. The molecule has 1 N–H and O–H groups in total. The summed E-state index contributed by atoms with van der Waals surface area (Å²) < 4.78 is 18.3. The number of carbonyl (C=O) groups is 1. The lowest BCUT2D eigenvalue weighted by atomic mass is 10.3. The zero-order valence-corrected chi connectivity index (χ0v) is 17.0. The minimum Gasteiger partial charge on any atom is -0.484 e. The number of carbonyl (C=O) groups excluding carboxylic acids is 1. The number of ether oxygens (including phenoxy) is 2. The van der Waals surface area contributed by atoms with Gasteiger partial charge in [0.15, 0.2) is 12.4 Å². The van der Waals surface area contributed by atoms with E-state index >= 15 is 0 Å². The van der Waals surface area contributed by atoms with Crippen LogP contribution >= 0.6 is 31.9 Å². The zero-order chi connectivity index (χ0) is 18.4. The molecule has 0 saturated carbocycles. The summed E-state index contributed by atoms with van der Waals surface area (Å²) in [5.74, 6) is 1.52. The molecule has 1 aromatic heterocycles. The maximum Gasteiger partial charge on any atom is 0.277 e. The minimum atomic E-state index is -0.358. The SMILES string of the molecule is O=C(COc1ccc(Br)cc1)N/N=C\c1cc(Br)c(N2CCOCC2)o1. The summed E-state index contributed by atoms with van der Waals surface area (Å²) in [7, 11) is 0. The van der Waals surface area contributed by atoms with Gasteiger partial charge in [-0.1, -0.05) is 15.9 Å². The standard InChI is InChI=1S/C17H17Br2N3O4/c18-12-1-3-13(4-2-12)25-11-16(23)21-20-10-14-9-15(19)17(26-14)22-5-7-24-8-6-22/h1-4,9-10H,5-8,11H2,(H,21,23)/b20-10-. The van der Waals surface area contributed by atoms with E-state index in [4.69, 9.17) is 13.9 Å². The van der Waals surface area contributed by atoms with Crippen molar-refractivity contribution < 1.29 is 18.7 Å². The lowest BCUT2D eigenvalue weighted by molar-refractivity contribution is -0.123. The fourth-order valence-corrected chi connectivity index (χ4v) is 3.12. The molecule has 9 heteroatoms. The maximum absolute atomic E-state index is 11.8. The molecule has 2 heterocycles. The second-order valence-corrected chi connectivity index (χ2v) is 7.21. The molecule has 2 aromatic rings. The van der Waals surface area contributed by atoms with Gasteiger partial charge in [-0.3, -0.25) is 4.79 Å². The molecule has 0 bridgehead atoms. The number of rotatable bonds is 6. The number of anilines is 1. The molecule has 1 amide bonds. The van der Waals surface area contributed by atoms with Crippen LogP contribution in [0.15, 0.2) is 48.8 Å². The second-order valence-electron chi connectivity index (χ2n) is 5.44. The average molecular weight is 487 g/mol. The Morgan fingerprint density at radius 3 is 2.73 bits per heavy atom. The van der Waals surface area contributed by atoms with E-state index < -0.39 is 0 Å². The van der Waals surface area contributed by atoms with Crippen molar-refractivity contribution in [2.75, 3.05) is 37.8 Å². The predicted molar refractivity (Wildman–Crippen MR) is 105 cm³/mol. The summed E-state index contributed by atoms with van der Waals surface area (Å²) in [5, 5.41) is 3.90.